The number of carbonyl (C=O) groups excluding carboxylic acids is 3. The lowest BCUT2D eigenvalue weighted by Crippen LogP contribution is -2.48. The highest BCUT2D eigenvalue weighted by Crippen LogP contribution is 2.22. The molecule has 0 spiro atoms. The summed E-state index contributed by atoms with van der Waals surface area (Å²) in [6, 6.07) is 20.3. The minimum absolute atomic E-state index is 0.169. The third-order valence-electron chi connectivity index (χ3n) is 6.15. The molecule has 1 unspecified atom stereocenters. The fourth-order valence-electron chi connectivity index (χ4n) is 4.29. The summed E-state index contributed by atoms with van der Waals surface area (Å²) in [5.41, 5.74) is 8.45. The Bertz CT molecular complexity index is 1160. The van der Waals surface area contributed by atoms with Crippen LogP contribution in [0.2, 0.25) is 0 Å². The number of anilines is 1. The number of aromatic nitrogens is 1. The highest BCUT2D eigenvalue weighted by molar-refractivity contribution is 6.38. The van der Waals surface area contributed by atoms with Crippen molar-refractivity contribution in [2.45, 2.75) is 19.0 Å². The number of rotatable bonds is 9. The average molecular weight is 472 g/mol. The number of nitrogens with two attached hydrogens (primary N) is 1. The van der Waals surface area contributed by atoms with Gasteiger partial charge in [-0.3, -0.25) is 24.3 Å². The molecule has 180 valence electrons. The van der Waals surface area contributed by atoms with Crippen LogP contribution in [0.4, 0.5) is 5.69 Å². The van der Waals surface area contributed by atoms with Gasteiger partial charge in [0.2, 0.25) is 5.78 Å². The van der Waals surface area contributed by atoms with E-state index in [2.05, 4.69) is 32.2 Å². The zero-order valence-electron chi connectivity index (χ0n) is 19.5. The number of hydrogen-bond acceptors (Lipinski definition) is 6. The lowest BCUT2D eigenvalue weighted by molar-refractivity contribution is -0.137. The molecule has 8 heteroatoms. The molecular formula is C27H29N5O3. The third-order valence-corrected chi connectivity index (χ3v) is 6.15. The highest BCUT2D eigenvalue weighted by Gasteiger charge is 2.28. The average Bonchev–Trinajstić information content (AvgIpc) is 2.89. The van der Waals surface area contributed by atoms with Crippen LogP contribution >= 0.6 is 0 Å². The van der Waals surface area contributed by atoms with Crippen LogP contribution in [0.1, 0.15) is 21.5 Å². The molecule has 8 nitrogen and oxygen atoms in total. The monoisotopic (exact) mass is 471 g/mol. The van der Waals surface area contributed by atoms with Gasteiger partial charge in [0, 0.05) is 51.5 Å². The molecule has 35 heavy (non-hydrogen) atoms. The Balaban J connectivity index is 1.45. The Morgan fingerprint density at radius 2 is 1.51 bits per heavy atom. The second kappa shape index (κ2) is 11.4. The summed E-state index contributed by atoms with van der Waals surface area (Å²) >= 11 is 0. The first kappa shape index (κ1) is 24.1. The van der Waals surface area contributed by atoms with Gasteiger partial charge in [-0.25, -0.2) is 0 Å². The standard InChI is InChI=1S/C27H29N5O3/c28-26(34)25(33)23(17-20-7-3-1-4-8-20)30-27(35)22-18-29-12-11-24(22)32-15-13-31(14-16-32)19-21-9-5-2-6-10-21/h1-12,18,23H,13-17,19H2,(H2,28,34)(H,30,35). The summed E-state index contributed by atoms with van der Waals surface area (Å²) in [5.74, 6) is -2.37. The number of benzene rings is 2. The van der Waals surface area contributed by atoms with Gasteiger partial charge in [-0.15, -0.1) is 0 Å². The zero-order valence-corrected chi connectivity index (χ0v) is 19.5. The van der Waals surface area contributed by atoms with Crippen molar-refractivity contribution < 1.29 is 14.4 Å². The van der Waals surface area contributed by atoms with E-state index in [1.807, 2.05) is 54.6 Å². The molecule has 2 amide bonds. The van der Waals surface area contributed by atoms with Gasteiger partial charge < -0.3 is 16.0 Å². The fourth-order valence-corrected chi connectivity index (χ4v) is 4.29. The number of nitrogens with zero attached hydrogens (tertiary/aromatic N) is 3. The summed E-state index contributed by atoms with van der Waals surface area (Å²) in [6.45, 7) is 4.11. The molecule has 4 rings (SSSR count). The van der Waals surface area contributed by atoms with Crippen molar-refractivity contribution in [3.63, 3.8) is 0 Å². The van der Waals surface area contributed by atoms with Gasteiger partial charge in [0.1, 0.15) is 6.04 Å². The first-order valence-electron chi connectivity index (χ1n) is 11.6. The number of primary amides is 1. The molecule has 1 aliphatic rings. The van der Waals surface area contributed by atoms with Gasteiger partial charge in [-0.05, 0) is 17.2 Å². The molecule has 0 saturated carbocycles. The van der Waals surface area contributed by atoms with E-state index < -0.39 is 23.6 Å². The van der Waals surface area contributed by atoms with Gasteiger partial charge >= 0.3 is 0 Å². The van der Waals surface area contributed by atoms with Gasteiger partial charge in [0.15, 0.2) is 0 Å². The van der Waals surface area contributed by atoms with Gasteiger partial charge in [-0.2, -0.15) is 0 Å². The van der Waals surface area contributed by atoms with Crippen LogP contribution in [-0.4, -0.2) is 59.7 Å². The molecule has 2 heterocycles. The van der Waals surface area contributed by atoms with E-state index in [0.29, 0.717) is 5.56 Å². The molecular weight excluding hydrogens is 442 g/mol. The van der Waals surface area contributed by atoms with E-state index in [-0.39, 0.29) is 6.42 Å². The molecule has 1 fully saturated rings. The van der Waals surface area contributed by atoms with Crippen molar-refractivity contribution in [1.29, 1.82) is 0 Å². The summed E-state index contributed by atoms with van der Waals surface area (Å²) in [5, 5.41) is 2.72. The van der Waals surface area contributed by atoms with E-state index in [1.54, 1.807) is 6.20 Å². The van der Waals surface area contributed by atoms with Crippen LogP contribution in [0.15, 0.2) is 79.1 Å². The minimum atomic E-state index is -1.08. The number of ketones is 1. The van der Waals surface area contributed by atoms with E-state index in [1.165, 1.54) is 11.8 Å². The summed E-state index contributed by atoms with van der Waals surface area (Å²) < 4.78 is 0. The number of carbonyl (C=O) groups is 3. The van der Waals surface area contributed by atoms with Gasteiger partial charge in [-0.1, -0.05) is 60.7 Å². The Hall–Kier alpha value is -4.04. The van der Waals surface area contributed by atoms with Crippen molar-refractivity contribution in [3.8, 4) is 0 Å². The molecule has 2 aromatic carbocycles. The number of nitrogens with one attached hydrogen (secondary N) is 1. The number of hydrogen-bond donors (Lipinski definition) is 2. The second-order valence-electron chi connectivity index (χ2n) is 8.59. The Morgan fingerprint density at radius 3 is 2.14 bits per heavy atom. The third kappa shape index (κ3) is 6.30. The van der Waals surface area contributed by atoms with Crippen molar-refractivity contribution in [2.24, 2.45) is 5.73 Å². The van der Waals surface area contributed by atoms with Gasteiger partial charge in [0.05, 0.1) is 11.3 Å². The molecule has 3 aromatic rings. The van der Waals surface area contributed by atoms with Crippen LogP contribution in [0.5, 0.6) is 0 Å². The van der Waals surface area contributed by atoms with Gasteiger partial charge in [0.25, 0.3) is 11.8 Å². The van der Waals surface area contributed by atoms with Crippen molar-refractivity contribution in [2.75, 3.05) is 31.1 Å². The molecule has 0 bridgehead atoms. The number of Topliss-reactive ketones (excluding diaryl/α,β-unsaturated/α-hetero) is 1. The van der Waals surface area contributed by atoms with Crippen molar-refractivity contribution >= 4 is 23.3 Å². The number of pyridine rings is 1. The van der Waals surface area contributed by atoms with Crippen LogP contribution in [0, 0.1) is 0 Å². The lowest BCUT2D eigenvalue weighted by atomic mass is 10.0. The molecule has 0 aliphatic carbocycles. The Kier molecular flexibility index (Phi) is 7.84. The first-order valence-corrected chi connectivity index (χ1v) is 11.6. The van der Waals surface area contributed by atoms with E-state index in [0.717, 1.165) is 44.0 Å². The van der Waals surface area contributed by atoms with Crippen LogP contribution < -0.4 is 16.0 Å². The fraction of sp³-hybridized carbons (Fsp3) is 0.259. The molecule has 1 atom stereocenters. The molecule has 1 aromatic heterocycles. The number of piperazine rings is 1. The van der Waals surface area contributed by atoms with E-state index in [9.17, 15) is 14.4 Å². The second-order valence-corrected chi connectivity index (χ2v) is 8.59. The van der Waals surface area contributed by atoms with E-state index in [4.69, 9.17) is 5.73 Å². The predicted molar refractivity (Wildman–Crippen MR) is 134 cm³/mol. The van der Waals surface area contributed by atoms with Crippen molar-refractivity contribution in [3.05, 3.63) is 95.8 Å². The van der Waals surface area contributed by atoms with E-state index >= 15 is 0 Å². The smallest absolute Gasteiger partial charge is 0.287 e. The first-order chi connectivity index (χ1) is 17.0. The largest absolute Gasteiger partial charge is 0.368 e. The maximum atomic E-state index is 13.2. The molecule has 1 saturated heterocycles. The number of amides is 2. The minimum Gasteiger partial charge on any atom is -0.368 e. The SMILES string of the molecule is NC(=O)C(=O)C(Cc1ccccc1)NC(=O)c1cnccc1N1CCN(Cc2ccccc2)CC1. The maximum Gasteiger partial charge on any atom is 0.287 e. The highest BCUT2D eigenvalue weighted by atomic mass is 16.2. The van der Waals surface area contributed by atoms with Crippen LogP contribution in [0.3, 0.4) is 0 Å². The quantitative estimate of drug-likeness (QED) is 0.461. The zero-order chi connectivity index (χ0) is 24.6. The summed E-state index contributed by atoms with van der Waals surface area (Å²) in [4.78, 5) is 46.0. The molecule has 1 aliphatic heterocycles. The Morgan fingerprint density at radius 1 is 0.886 bits per heavy atom. The molecule has 3 N–H and O–H groups in total. The Labute approximate surface area is 204 Å². The predicted octanol–water partition coefficient (Wildman–Crippen LogP) is 1.80. The van der Waals surface area contributed by atoms with Crippen molar-refractivity contribution in [1.82, 2.24) is 15.2 Å². The lowest BCUT2D eigenvalue weighted by Gasteiger charge is -2.36. The summed E-state index contributed by atoms with van der Waals surface area (Å²) in [6.07, 6.45) is 3.32. The summed E-state index contributed by atoms with van der Waals surface area (Å²) in [7, 11) is 0. The van der Waals surface area contributed by atoms with Crippen LogP contribution in [0.25, 0.3) is 0 Å². The normalized spacial score (nSPS) is 14.8. The molecule has 0 radical (unpaired) electrons. The van der Waals surface area contributed by atoms with Crippen LogP contribution in [-0.2, 0) is 22.6 Å². The maximum absolute atomic E-state index is 13.2. The topological polar surface area (TPSA) is 109 Å².